The minimum Gasteiger partial charge on any atom is -0.546 e. The molecule has 0 atom stereocenters. The van der Waals surface area contributed by atoms with E-state index in [0.717, 1.165) is 16.3 Å². The number of hydrogen-bond acceptors (Lipinski definition) is 6. The summed E-state index contributed by atoms with van der Waals surface area (Å²) >= 11 is 0. The van der Waals surface area contributed by atoms with E-state index in [1.54, 1.807) is 36.4 Å². The number of aliphatic carboxylic acids is 1. The van der Waals surface area contributed by atoms with E-state index in [-0.39, 0.29) is 11.3 Å². The van der Waals surface area contributed by atoms with Gasteiger partial charge in [-0.1, -0.05) is 31.2 Å². The molecule has 0 aromatic heterocycles. The van der Waals surface area contributed by atoms with Gasteiger partial charge in [-0.05, 0) is 59.2 Å². The molecule has 0 unspecified atom stereocenters. The Bertz CT molecular complexity index is 1070. The molecule has 7 heteroatoms. The van der Waals surface area contributed by atoms with E-state index >= 15 is 0 Å². The highest BCUT2D eigenvalue weighted by atomic mass is 16.5. The fraction of sp³-hybridized carbons (Fsp3) is 0.136. The number of phenolic OH excluding ortho intramolecular Hbond substituents is 1. The molecule has 3 aromatic carbocycles. The third kappa shape index (κ3) is 4.90. The summed E-state index contributed by atoms with van der Waals surface area (Å²) in [5.41, 5.74) is 3.98. The number of aromatic hydroxyl groups is 1. The summed E-state index contributed by atoms with van der Waals surface area (Å²) < 4.78 is 5.04. The molecule has 2 N–H and O–H groups in total. The van der Waals surface area contributed by atoms with Crippen molar-refractivity contribution < 1.29 is 24.5 Å². The van der Waals surface area contributed by atoms with E-state index in [1.165, 1.54) is 0 Å². The molecule has 0 bridgehead atoms. The van der Waals surface area contributed by atoms with Gasteiger partial charge in [0.05, 0.1) is 17.2 Å². The van der Waals surface area contributed by atoms with E-state index in [1.807, 2.05) is 31.2 Å². The average Bonchev–Trinajstić information content (AvgIpc) is 2.72. The zero-order valence-electron chi connectivity index (χ0n) is 15.7. The normalized spacial score (nSPS) is 11.3. The highest BCUT2D eigenvalue weighted by molar-refractivity contribution is 6.04. The van der Waals surface area contributed by atoms with E-state index < -0.39 is 18.5 Å². The molecule has 3 rings (SSSR count). The number of rotatable bonds is 7. The summed E-state index contributed by atoms with van der Waals surface area (Å²) in [4.78, 5) is 22.9. The van der Waals surface area contributed by atoms with Crippen LogP contribution in [0, 0.1) is 0 Å². The minimum absolute atomic E-state index is 0.121. The molecule has 0 heterocycles. The van der Waals surface area contributed by atoms with Crippen LogP contribution in [-0.2, 0) is 4.79 Å². The fourth-order valence-electron chi connectivity index (χ4n) is 2.82. The number of benzene rings is 3. The molecule has 7 nitrogen and oxygen atoms in total. The topological polar surface area (TPSA) is 111 Å². The third-order valence-electron chi connectivity index (χ3n) is 4.28. The van der Waals surface area contributed by atoms with Crippen LogP contribution in [0.1, 0.15) is 29.3 Å². The maximum Gasteiger partial charge on any atom is 0.275 e. The summed E-state index contributed by atoms with van der Waals surface area (Å²) in [5, 5.41) is 26.5. The zero-order chi connectivity index (χ0) is 20.8. The van der Waals surface area contributed by atoms with Gasteiger partial charge in [-0.15, -0.1) is 0 Å². The van der Waals surface area contributed by atoms with Crippen LogP contribution in [-0.4, -0.2) is 29.3 Å². The number of hydrazone groups is 1. The number of nitrogens with zero attached hydrogens (tertiary/aromatic N) is 1. The molecule has 0 aliphatic rings. The van der Waals surface area contributed by atoms with Crippen LogP contribution in [0.3, 0.4) is 0 Å². The van der Waals surface area contributed by atoms with E-state index in [4.69, 9.17) is 4.74 Å². The van der Waals surface area contributed by atoms with Crippen LogP contribution < -0.4 is 15.3 Å². The van der Waals surface area contributed by atoms with Gasteiger partial charge in [0.25, 0.3) is 5.91 Å². The maximum absolute atomic E-state index is 12.5. The van der Waals surface area contributed by atoms with Gasteiger partial charge in [0.15, 0.2) is 0 Å². The zero-order valence-corrected chi connectivity index (χ0v) is 15.7. The number of carboxylic acids is 1. The monoisotopic (exact) mass is 391 g/mol. The Morgan fingerprint density at radius 1 is 1.07 bits per heavy atom. The molecular formula is C22H19N2O5-. The van der Waals surface area contributed by atoms with Crippen molar-refractivity contribution in [3.63, 3.8) is 0 Å². The molecule has 0 saturated carbocycles. The predicted octanol–water partition coefficient (Wildman–Crippen LogP) is 2.22. The smallest absolute Gasteiger partial charge is 0.275 e. The lowest BCUT2D eigenvalue weighted by Gasteiger charge is -2.09. The molecule has 3 aromatic rings. The maximum atomic E-state index is 12.5. The lowest BCUT2D eigenvalue weighted by atomic mass is 10.1. The van der Waals surface area contributed by atoms with Gasteiger partial charge in [0.2, 0.25) is 0 Å². The van der Waals surface area contributed by atoms with Gasteiger partial charge in [0, 0.05) is 0 Å². The highest BCUT2D eigenvalue weighted by Crippen LogP contribution is 2.25. The largest absolute Gasteiger partial charge is 0.546 e. The Labute approximate surface area is 167 Å². The second-order valence-electron chi connectivity index (χ2n) is 6.25. The van der Waals surface area contributed by atoms with Gasteiger partial charge in [0.1, 0.15) is 18.1 Å². The van der Waals surface area contributed by atoms with Crippen LogP contribution in [0.15, 0.2) is 65.8 Å². The number of carboxylic acid groups (broad SMARTS) is 1. The van der Waals surface area contributed by atoms with Crippen LogP contribution in [0.25, 0.3) is 10.8 Å². The number of hydrogen-bond donors (Lipinski definition) is 2. The lowest BCUT2D eigenvalue weighted by molar-refractivity contribution is -0.307. The first kappa shape index (κ1) is 19.9. The molecule has 0 aliphatic heterocycles. The number of phenols is 1. The Morgan fingerprint density at radius 2 is 1.72 bits per heavy atom. The molecule has 0 fully saturated rings. The Kier molecular flexibility index (Phi) is 6.09. The van der Waals surface area contributed by atoms with E-state index in [9.17, 15) is 19.8 Å². The first-order valence-electron chi connectivity index (χ1n) is 8.99. The van der Waals surface area contributed by atoms with Gasteiger partial charge in [-0.2, -0.15) is 5.10 Å². The summed E-state index contributed by atoms with van der Waals surface area (Å²) in [6.07, 6.45) is 0.545. The molecule has 0 saturated heterocycles. The van der Waals surface area contributed by atoms with Crippen LogP contribution in [0.4, 0.5) is 0 Å². The van der Waals surface area contributed by atoms with E-state index in [0.29, 0.717) is 17.9 Å². The summed E-state index contributed by atoms with van der Waals surface area (Å²) in [7, 11) is 0. The van der Waals surface area contributed by atoms with Crippen molar-refractivity contribution in [2.24, 2.45) is 5.10 Å². The summed E-state index contributed by atoms with van der Waals surface area (Å²) in [6, 6.07) is 17.2. The number of carbonyl (C=O) groups excluding carboxylic acids is 2. The highest BCUT2D eigenvalue weighted by Gasteiger charge is 2.12. The van der Waals surface area contributed by atoms with Crippen LogP contribution >= 0.6 is 0 Å². The van der Waals surface area contributed by atoms with Gasteiger partial charge in [-0.3, -0.25) is 4.79 Å². The first-order chi connectivity index (χ1) is 14.0. The number of carbonyl (C=O) groups is 2. The number of amides is 1. The van der Waals surface area contributed by atoms with E-state index in [2.05, 4.69) is 10.5 Å². The SMILES string of the molecule is CC/C(=N/NC(=O)c1cc2ccccc2cc1O)c1ccc(OCC(=O)[O-])cc1. The first-order valence-corrected chi connectivity index (χ1v) is 8.99. The molecule has 0 spiro atoms. The quantitative estimate of drug-likeness (QED) is 0.474. The van der Waals surface area contributed by atoms with Crippen LogP contribution in [0.2, 0.25) is 0 Å². The standard InChI is InChI=1S/C22H20N2O5/c1-2-19(14-7-9-17(10-8-14)29-13-21(26)27)23-24-22(28)18-11-15-5-3-4-6-16(15)12-20(18)25/h3-12,25H,2,13H2,1H3,(H,24,28)(H,26,27)/p-1/b23-19-. The Balaban J connectivity index is 1.75. The van der Waals surface area contributed by atoms with Crippen molar-refractivity contribution in [2.45, 2.75) is 13.3 Å². The molecule has 0 aliphatic carbocycles. The van der Waals surface area contributed by atoms with Crippen molar-refractivity contribution in [1.29, 1.82) is 0 Å². The molecule has 1 amide bonds. The molecular weight excluding hydrogens is 372 g/mol. The van der Waals surface area contributed by atoms with Crippen molar-refractivity contribution in [3.05, 3.63) is 71.8 Å². The minimum atomic E-state index is -1.30. The summed E-state index contributed by atoms with van der Waals surface area (Å²) in [5.74, 6) is -1.56. The number of ether oxygens (including phenoxy) is 1. The average molecular weight is 391 g/mol. The second-order valence-corrected chi connectivity index (χ2v) is 6.25. The predicted molar refractivity (Wildman–Crippen MR) is 107 cm³/mol. The second kappa shape index (κ2) is 8.88. The molecule has 29 heavy (non-hydrogen) atoms. The Morgan fingerprint density at radius 3 is 2.34 bits per heavy atom. The molecule has 0 radical (unpaired) electrons. The molecule has 148 valence electrons. The van der Waals surface area contributed by atoms with Crippen molar-refractivity contribution in [2.75, 3.05) is 6.61 Å². The van der Waals surface area contributed by atoms with Crippen LogP contribution in [0.5, 0.6) is 11.5 Å². The number of nitrogens with one attached hydrogen (secondary N) is 1. The third-order valence-corrected chi connectivity index (χ3v) is 4.28. The van der Waals surface area contributed by atoms with Crippen molar-refractivity contribution >= 4 is 28.4 Å². The number of fused-ring (bicyclic) bond motifs is 1. The van der Waals surface area contributed by atoms with Gasteiger partial charge in [-0.25, -0.2) is 5.43 Å². The van der Waals surface area contributed by atoms with Crippen molar-refractivity contribution in [1.82, 2.24) is 5.43 Å². The fourth-order valence-corrected chi connectivity index (χ4v) is 2.82. The van der Waals surface area contributed by atoms with Crippen molar-refractivity contribution in [3.8, 4) is 11.5 Å². The Hall–Kier alpha value is -3.87. The van der Waals surface area contributed by atoms with Gasteiger partial charge >= 0.3 is 0 Å². The summed E-state index contributed by atoms with van der Waals surface area (Å²) in [6.45, 7) is 1.36. The lowest BCUT2D eigenvalue weighted by Crippen LogP contribution is -2.28. The van der Waals surface area contributed by atoms with Gasteiger partial charge < -0.3 is 19.7 Å².